The number of ether oxygens (including phenoxy) is 1. The molecule has 0 bridgehead atoms. The van der Waals surface area contributed by atoms with Crippen LogP contribution in [-0.2, 0) is 0 Å². The van der Waals surface area contributed by atoms with Gasteiger partial charge in [0.05, 0.1) is 35.3 Å². The SMILES string of the molecule is CCCCCCCCCCCCOc1ccc(C2Nc3ccccc3Nc3c[nH]c(O)c32)cc1. The van der Waals surface area contributed by atoms with Gasteiger partial charge in [-0.25, -0.2) is 0 Å². The quantitative estimate of drug-likeness (QED) is 0.193. The Kier molecular flexibility index (Phi) is 8.78. The molecule has 0 radical (unpaired) electrons. The van der Waals surface area contributed by atoms with E-state index in [0.717, 1.165) is 47.0 Å². The Labute approximate surface area is 204 Å². The zero-order valence-corrected chi connectivity index (χ0v) is 20.4. The second kappa shape index (κ2) is 12.4. The van der Waals surface area contributed by atoms with Crippen LogP contribution >= 0.6 is 0 Å². The number of anilines is 3. The third-order valence-corrected chi connectivity index (χ3v) is 6.66. The number of nitrogens with one attached hydrogen (secondary N) is 3. The Morgan fingerprint density at radius 2 is 1.41 bits per heavy atom. The number of aromatic nitrogens is 1. The van der Waals surface area contributed by atoms with Crippen LogP contribution in [0.2, 0.25) is 0 Å². The lowest BCUT2D eigenvalue weighted by molar-refractivity contribution is 0.304. The van der Waals surface area contributed by atoms with E-state index < -0.39 is 0 Å². The van der Waals surface area contributed by atoms with Crippen molar-refractivity contribution in [3.8, 4) is 11.6 Å². The predicted octanol–water partition coefficient (Wildman–Crippen LogP) is 8.28. The molecule has 0 fully saturated rings. The van der Waals surface area contributed by atoms with Crippen LogP contribution in [-0.4, -0.2) is 16.7 Å². The van der Waals surface area contributed by atoms with Crippen molar-refractivity contribution in [2.24, 2.45) is 0 Å². The largest absolute Gasteiger partial charge is 0.494 e. The Balaban J connectivity index is 1.25. The summed E-state index contributed by atoms with van der Waals surface area (Å²) in [5, 5.41) is 17.5. The van der Waals surface area contributed by atoms with E-state index in [2.05, 4.69) is 34.7 Å². The van der Waals surface area contributed by atoms with Crippen molar-refractivity contribution in [1.82, 2.24) is 4.98 Å². The zero-order valence-electron chi connectivity index (χ0n) is 20.4. The normalized spacial score (nSPS) is 14.4. The van der Waals surface area contributed by atoms with E-state index in [1.54, 1.807) is 0 Å². The number of para-hydroxylation sites is 2. The zero-order chi connectivity index (χ0) is 23.6. The van der Waals surface area contributed by atoms with Gasteiger partial charge in [-0.05, 0) is 36.2 Å². The van der Waals surface area contributed by atoms with Gasteiger partial charge in [-0.15, -0.1) is 0 Å². The highest BCUT2D eigenvalue weighted by Gasteiger charge is 2.27. The van der Waals surface area contributed by atoms with Crippen molar-refractivity contribution < 1.29 is 9.84 Å². The molecule has 0 saturated carbocycles. The molecule has 5 nitrogen and oxygen atoms in total. The van der Waals surface area contributed by atoms with Gasteiger partial charge in [0.15, 0.2) is 5.88 Å². The monoisotopic (exact) mass is 461 g/mol. The van der Waals surface area contributed by atoms with Gasteiger partial charge in [0, 0.05) is 6.20 Å². The summed E-state index contributed by atoms with van der Waals surface area (Å²) >= 11 is 0. The van der Waals surface area contributed by atoms with Gasteiger partial charge < -0.3 is 25.5 Å². The fraction of sp³-hybridized carbons (Fsp3) is 0.448. The second-order valence-electron chi connectivity index (χ2n) is 9.31. The Bertz CT molecular complexity index is 1010. The molecule has 5 heteroatoms. The highest BCUT2D eigenvalue weighted by atomic mass is 16.5. The van der Waals surface area contributed by atoms with Gasteiger partial charge in [0.25, 0.3) is 0 Å². The molecule has 0 saturated heterocycles. The molecule has 1 atom stereocenters. The van der Waals surface area contributed by atoms with Crippen molar-refractivity contribution in [2.45, 2.75) is 77.2 Å². The number of hydrogen-bond donors (Lipinski definition) is 4. The molecule has 0 spiro atoms. The van der Waals surface area contributed by atoms with Crippen molar-refractivity contribution in [2.75, 3.05) is 17.2 Å². The maximum absolute atomic E-state index is 10.5. The molecule has 34 heavy (non-hydrogen) atoms. The molecular formula is C29H39N3O2. The first-order valence-electron chi connectivity index (χ1n) is 13.0. The van der Waals surface area contributed by atoms with Crippen molar-refractivity contribution in [3.63, 3.8) is 0 Å². The van der Waals surface area contributed by atoms with E-state index in [1.807, 2.05) is 42.6 Å². The Morgan fingerprint density at radius 1 is 0.765 bits per heavy atom. The second-order valence-corrected chi connectivity index (χ2v) is 9.31. The van der Waals surface area contributed by atoms with Crippen LogP contribution < -0.4 is 15.4 Å². The standard InChI is InChI=1S/C29H39N3O2/c1-2-3-4-5-6-7-8-9-10-13-20-34-23-18-16-22(17-19-23)28-27-26(21-30-29(27)33)31-24-14-11-12-15-25(24)32-28/h11-12,14-19,21,28,30-33H,2-10,13,20H2,1H3. The molecule has 1 aliphatic rings. The van der Waals surface area contributed by atoms with Crippen molar-refractivity contribution in [1.29, 1.82) is 0 Å². The number of H-pyrrole nitrogens is 1. The number of hydrogen-bond acceptors (Lipinski definition) is 4. The highest BCUT2D eigenvalue weighted by Crippen LogP contribution is 2.43. The predicted molar refractivity (Wildman–Crippen MR) is 141 cm³/mol. The number of aromatic amines is 1. The number of aromatic hydroxyl groups is 1. The lowest BCUT2D eigenvalue weighted by Gasteiger charge is -2.19. The summed E-state index contributed by atoms with van der Waals surface area (Å²) < 4.78 is 5.99. The van der Waals surface area contributed by atoms with Crippen LogP contribution in [0.25, 0.3) is 0 Å². The Morgan fingerprint density at radius 3 is 2.12 bits per heavy atom. The van der Waals surface area contributed by atoms with E-state index in [9.17, 15) is 5.11 Å². The summed E-state index contributed by atoms with van der Waals surface area (Å²) in [6.45, 7) is 3.03. The summed E-state index contributed by atoms with van der Waals surface area (Å²) in [6.07, 6.45) is 15.1. The number of fused-ring (bicyclic) bond motifs is 2. The van der Waals surface area contributed by atoms with Gasteiger partial charge in [-0.1, -0.05) is 89.0 Å². The third kappa shape index (κ3) is 6.28. The molecule has 2 heterocycles. The van der Waals surface area contributed by atoms with Gasteiger partial charge >= 0.3 is 0 Å². The lowest BCUT2D eigenvalue weighted by Crippen LogP contribution is -2.11. The smallest absolute Gasteiger partial charge is 0.196 e. The third-order valence-electron chi connectivity index (χ3n) is 6.66. The van der Waals surface area contributed by atoms with Crippen LogP contribution in [0, 0.1) is 0 Å². The van der Waals surface area contributed by atoms with Crippen LogP contribution in [0.5, 0.6) is 11.6 Å². The summed E-state index contributed by atoms with van der Waals surface area (Å²) in [4.78, 5) is 2.94. The van der Waals surface area contributed by atoms with Crippen LogP contribution in [0.1, 0.15) is 88.3 Å². The van der Waals surface area contributed by atoms with Gasteiger partial charge in [-0.3, -0.25) is 0 Å². The van der Waals surface area contributed by atoms with E-state index >= 15 is 0 Å². The maximum Gasteiger partial charge on any atom is 0.196 e. The molecule has 1 unspecified atom stereocenters. The van der Waals surface area contributed by atoms with Gasteiger partial charge in [-0.2, -0.15) is 0 Å². The van der Waals surface area contributed by atoms with E-state index in [1.165, 1.54) is 57.8 Å². The van der Waals surface area contributed by atoms with Crippen LogP contribution in [0.3, 0.4) is 0 Å². The molecule has 1 aliphatic heterocycles. The molecule has 3 aromatic rings. The first-order chi connectivity index (χ1) is 16.8. The first-order valence-corrected chi connectivity index (χ1v) is 13.0. The molecule has 4 N–H and O–H groups in total. The minimum Gasteiger partial charge on any atom is -0.494 e. The summed E-state index contributed by atoms with van der Waals surface area (Å²) in [5.41, 5.74) is 4.75. The van der Waals surface area contributed by atoms with E-state index in [4.69, 9.17) is 4.74 Å². The van der Waals surface area contributed by atoms with Crippen LogP contribution in [0.4, 0.5) is 17.1 Å². The topological polar surface area (TPSA) is 69.3 Å². The van der Waals surface area contributed by atoms with Gasteiger partial charge in [0.2, 0.25) is 0 Å². The minimum absolute atomic E-state index is 0.173. The van der Waals surface area contributed by atoms with Gasteiger partial charge in [0.1, 0.15) is 5.75 Å². The molecule has 1 aromatic heterocycles. The molecule has 182 valence electrons. The van der Waals surface area contributed by atoms with Crippen molar-refractivity contribution >= 4 is 17.1 Å². The fourth-order valence-corrected chi connectivity index (χ4v) is 4.70. The Hall–Kier alpha value is -3.08. The van der Waals surface area contributed by atoms with Crippen molar-refractivity contribution in [3.05, 3.63) is 65.9 Å². The average Bonchev–Trinajstić information content (AvgIpc) is 3.12. The van der Waals surface area contributed by atoms with E-state index in [-0.39, 0.29) is 11.9 Å². The summed E-state index contributed by atoms with van der Waals surface area (Å²) in [5.74, 6) is 1.07. The summed E-state index contributed by atoms with van der Waals surface area (Å²) in [6, 6.07) is 16.1. The van der Waals surface area contributed by atoms with E-state index in [0.29, 0.717) is 0 Å². The summed E-state index contributed by atoms with van der Waals surface area (Å²) in [7, 11) is 0. The number of rotatable bonds is 13. The number of unbranched alkanes of at least 4 members (excludes halogenated alkanes) is 9. The molecule has 4 rings (SSSR count). The molecule has 2 aromatic carbocycles. The average molecular weight is 462 g/mol. The number of benzene rings is 2. The molecular weight excluding hydrogens is 422 g/mol. The first kappa shape index (κ1) is 24.1. The lowest BCUT2D eigenvalue weighted by atomic mass is 9.99. The maximum atomic E-state index is 10.5. The minimum atomic E-state index is -0.173. The molecule has 0 aliphatic carbocycles. The molecule has 0 amide bonds. The highest BCUT2D eigenvalue weighted by molar-refractivity contribution is 5.80. The van der Waals surface area contributed by atoms with Crippen LogP contribution in [0.15, 0.2) is 54.7 Å². The fourth-order valence-electron chi connectivity index (χ4n) is 4.70.